The maximum absolute atomic E-state index is 13.7. The fourth-order valence-corrected chi connectivity index (χ4v) is 5.41. The summed E-state index contributed by atoms with van der Waals surface area (Å²) in [5.74, 6) is 0.947. The van der Waals surface area contributed by atoms with Crippen molar-refractivity contribution in [3.8, 4) is 28.6 Å². The summed E-state index contributed by atoms with van der Waals surface area (Å²) < 4.78 is 74.8. The zero-order valence-electron chi connectivity index (χ0n) is 22.9. The number of halogens is 5. The van der Waals surface area contributed by atoms with Gasteiger partial charge in [0.05, 0.1) is 17.6 Å². The molecular formula is C29H25F5N6O2S. The summed E-state index contributed by atoms with van der Waals surface area (Å²) >= 11 is 1.48. The van der Waals surface area contributed by atoms with E-state index < -0.39 is 12.5 Å². The van der Waals surface area contributed by atoms with Gasteiger partial charge in [0.15, 0.2) is 11.0 Å². The quantitative estimate of drug-likeness (QED) is 0.116. The first-order valence-electron chi connectivity index (χ1n) is 13.0. The van der Waals surface area contributed by atoms with E-state index in [4.69, 9.17) is 4.74 Å². The van der Waals surface area contributed by atoms with Crippen molar-refractivity contribution in [3.63, 3.8) is 0 Å². The number of thioether (sulfide) groups is 1. The van der Waals surface area contributed by atoms with Gasteiger partial charge in [0.25, 0.3) is 0 Å². The average molecular weight is 617 g/mol. The van der Waals surface area contributed by atoms with Gasteiger partial charge in [-0.2, -0.15) is 13.9 Å². The number of rotatable bonds is 8. The number of benzene rings is 3. The fraction of sp³-hybridized carbons (Fsp3) is 0.241. The lowest BCUT2D eigenvalue weighted by Crippen LogP contribution is -2.41. The molecule has 0 N–H and O–H groups in total. The molecule has 1 unspecified atom stereocenters. The standard InChI is InChI=1S/C29H25F5N6O2S/c1-19-15-16-43-27(40(19)24-5-3-4-6-25(24)42-28(2,30)31)37-36-17-20-7-9-21(10-8-20)26-35-18-39(38-26)22-11-13-23(14-12-22)41-29(32,33)34/h3-14,17-19H,15-16H2,1-2H3. The molecule has 0 aliphatic carbocycles. The number of anilines is 1. The molecule has 3 aromatic carbocycles. The molecule has 8 nitrogen and oxygen atoms in total. The van der Waals surface area contributed by atoms with E-state index in [0.29, 0.717) is 34.9 Å². The summed E-state index contributed by atoms with van der Waals surface area (Å²) in [6, 6.07) is 19.1. The normalized spacial score (nSPS) is 17.0. The van der Waals surface area contributed by atoms with Crippen molar-refractivity contribution in [2.75, 3.05) is 10.7 Å². The average Bonchev–Trinajstić information content (AvgIpc) is 3.43. The van der Waals surface area contributed by atoms with Gasteiger partial charge >= 0.3 is 12.5 Å². The predicted molar refractivity (Wildman–Crippen MR) is 155 cm³/mol. The van der Waals surface area contributed by atoms with Gasteiger partial charge in [-0.1, -0.05) is 48.2 Å². The second-order valence-electron chi connectivity index (χ2n) is 9.54. The molecule has 14 heteroatoms. The largest absolute Gasteiger partial charge is 0.573 e. The summed E-state index contributed by atoms with van der Waals surface area (Å²) in [6.07, 6.45) is -4.24. The minimum Gasteiger partial charge on any atom is -0.431 e. The van der Waals surface area contributed by atoms with E-state index in [1.54, 1.807) is 36.5 Å². The molecule has 1 saturated heterocycles. The van der Waals surface area contributed by atoms with Crippen LogP contribution in [0.2, 0.25) is 0 Å². The highest BCUT2D eigenvalue weighted by Crippen LogP contribution is 2.37. The molecule has 0 amide bonds. The summed E-state index contributed by atoms with van der Waals surface area (Å²) in [5.41, 5.74) is 2.46. The number of nitrogens with zero attached hydrogens (tertiary/aromatic N) is 6. The van der Waals surface area contributed by atoms with Crippen molar-refractivity contribution < 1.29 is 31.4 Å². The Kier molecular flexibility index (Phi) is 8.67. The molecule has 224 valence electrons. The van der Waals surface area contributed by atoms with Gasteiger partial charge in [-0.05, 0) is 55.3 Å². The summed E-state index contributed by atoms with van der Waals surface area (Å²) in [4.78, 5) is 6.15. The molecule has 1 fully saturated rings. The molecule has 4 aromatic rings. The zero-order valence-corrected chi connectivity index (χ0v) is 23.7. The predicted octanol–water partition coefficient (Wildman–Crippen LogP) is 7.55. The molecule has 1 aliphatic rings. The topological polar surface area (TPSA) is 77.1 Å². The lowest BCUT2D eigenvalue weighted by Gasteiger charge is -2.36. The van der Waals surface area contributed by atoms with E-state index in [1.807, 2.05) is 24.0 Å². The molecule has 1 aliphatic heterocycles. The van der Waals surface area contributed by atoms with Crippen molar-refractivity contribution in [2.45, 2.75) is 38.8 Å². The van der Waals surface area contributed by atoms with E-state index in [2.05, 4.69) is 25.0 Å². The van der Waals surface area contributed by atoms with Gasteiger partial charge in [-0.25, -0.2) is 9.67 Å². The Balaban J connectivity index is 1.29. The van der Waals surface area contributed by atoms with Crippen LogP contribution in [-0.4, -0.2) is 50.4 Å². The summed E-state index contributed by atoms with van der Waals surface area (Å²) in [5, 5.41) is 13.6. The molecule has 0 bridgehead atoms. The van der Waals surface area contributed by atoms with Gasteiger partial charge in [-0.15, -0.1) is 23.4 Å². The Bertz CT molecular complexity index is 1600. The van der Waals surface area contributed by atoms with Crippen LogP contribution in [0.3, 0.4) is 0 Å². The smallest absolute Gasteiger partial charge is 0.431 e. The number of alkyl halides is 5. The van der Waals surface area contributed by atoms with E-state index >= 15 is 0 Å². The molecule has 0 radical (unpaired) electrons. The van der Waals surface area contributed by atoms with E-state index in [-0.39, 0.29) is 17.5 Å². The van der Waals surface area contributed by atoms with Crippen molar-refractivity contribution in [1.82, 2.24) is 14.8 Å². The molecular weight excluding hydrogens is 591 g/mol. The van der Waals surface area contributed by atoms with Crippen LogP contribution in [0.5, 0.6) is 11.5 Å². The molecule has 43 heavy (non-hydrogen) atoms. The first-order valence-corrected chi connectivity index (χ1v) is 14.0. The van der Waals surface area contributed by atoms with Crippen LogP contribution in [0, 0.1) is 0 Å². The van der Waals surface area contributed by atoms with Crippen LogP contribution in [0.1, 0.15) is 25.8 Å². The molecule has 5 rings (SSSR count). The third kappa shape index (κ3) is 7.89. The Labute approximate surface area is 247 Å². The Morgan fingerprint density at radius 3 is 2.37 bits per heavy atom. The zero-order chi connectivity index (χ0) is 30.6. The van der Waals surface area contributed by atoms with Gasteiger partial charge in [0, 0.05) is 24.3 Å². The Morgan fingerprint density at radius 2 is 1.67 bits per heavy atom. The van der Waals surface area contributed by atoms with Gasteiger partial charge < -0.3 is 14.4 Å². The second kappa shape index (κ2) is 12.4. The number of hydrogen-bond acceptors (Lipinski definition) is 7. The maximum Gasteiger partial charge on any atom is 0.573 e. The van der Waals surface area contributed by atoms with Crippen molar-refractivity contribution >= 4 is 28.8 Å². The van der Waals surface area contributed by atoms with Gasteiger partial charge in [0.2, 0.25) is 0 Å². The molecule has 0 spiro atoms. The van der Waals surface area contributed by atoms with E-state index in [9.17, 15) is 22.0 Å². The first kappa shape index (κ1) is 30.0. The highest BCUT2D eigenvalue weighted by molar-refractivity contribution is 8.14. The molecule has 0 saturated carbocycles. The summed E-state index contributed by atoms with van der Waals surface area (Å²) in [7, 11) is 0. The number of aromatic nitrogens is 3. The lowest BCUT2D eigenvalue weighted by molar-refractivity contribution is -0.274. The number of hydrogen-bond donors (Lipinski definition) is 0. The van der Waals surface area contributed by atoms with Gasteiger partial charge in [0.1, 0.15) is 17.8 Å². The van der Waals surface area contributed by atoms with Crippen molar-refractivity contribution in [2.24, 2.45) is 10.2 Å². The van der Waals surface area contributed by atoms with Crippen LogP contribution < -0.4 is 14.4 Å². The van der Waals surface area contributed by atoms with Crippen LogP contribution in [0.15, 0.2) is 89.3 Å². The third-order valence-electron chi connectivity index (χ3n) is 6.17. The Morgan fingerprint density at radius 1 is 0.953 bits per heavy atom. The first-order chi connectivity index (χ1) is 20.4. The van der Waals surface area contributed by atoms with Crippen LogP contribution in [0.4, 0.5) is 27.6 Å². The lowest BCUT2D eigenvalue weighted by atomic mass is 10.1. The Hall–Kier alpha value is -4.46. The monoisotopic (exact) mass is 616 g/mol. The van der Waals surface area contributed by atoms with Crippen LogP contribution >= 0.6 is 11.8 Å². The van der Waals surface area contributed by atoms with Crippen molar-refractivity contribution in [3.05, 3.63) is 84.7 Å². The van der Waals surface area contributed by atoms with E-state index in [1.165, 1.54) is 53.1 Å². The SMILES string of the molecule is CC1CCSC(=NN=Cc2ccc(-c3ncn(-c4ccc(OC(F)(F)F)cc4)n3)cc2)N1c1ccccc1OC(C)(F)F. The number of ether oxygens (including phenoxy) is 2. The molecule has 2 heterocycles. The number of para-hydroxylation sites is 2. The number of amidine groups is 1. The minimum atomic E-state index is -4.77. The highest BCUT2D eigenvalue weighted by Gasteiger charge is 2.32. The van der Waals surface area contributed by atoms with Crippen molar-refractivity contribution in [1.29, 1.82) is 0 Å². The highest BCUT2D eigenvalue weighted by atomic mass is 32.2. The minimum absolute atomic E-state index is 0.0109. The van der Waals surface area contributed by atoms with Gasteiger partial charge in [-0.3, -0.25) is 0 Å². The molecule has 1 atom stereocenters. The summed E-state index contributed by atoms with van der Waals surface area (Å²) in [6.45, 7) is 2.69. The molecule has 1 aromatic heterocycles. The van der Waals surface area contributed by atoms with Crippen LogP contribution in [-0.2, 0) is 0 Å². The third-order valence-corrected chi connectivity index (χ3v) is 7.15. The fourth-order valence-electron chi connectivity index (χ4n) is 4.24. The second-order valence-corrected chi connectivity index (χ2v) is 10.6. The van der Waals surface area contributed by atoms with E-state index in [0.717, 1.165) is 17.7 Å². The van der Waals surface area contributed by atoms with Crippen LogP contribution in [0.25, 0.3) is 17.1 Å². The maximum atomic E-state index is 13.7.